The molecular formula is C24H15F6N3O5. The summed E-state index contributed by atoms with van der Waals surface area (Å²) in [6.45, 7) is 0. The van der Waals surface area contributed by atoms with E-state index in [2.05, 4.69) is 9.97 Å². The molecule has 14 heteroatoms. The van der Waals surface area contributed by atoms with Gasteiger partial charge in [0.25, 0.3) is 5.91 Å². The van der Waals surface area contributed by atoms with Gasteiger partial charge in [-0.2, -0.15) is 17.6 Å². The van der Waals surface area contributed by atoms with Crippen molar-refractivity contribution in [2.24, 2.45) is 5.73 Å². The average Bonchev–Trinajstić information content (AvgIpc) is 2.86. The Kier molecular flexibility index (Phi) is 6.65. The molecule has 38 heavy (non-hydrogen) atoms. The number of methoxy groups -OCH3 is 2. The van der Waals surface area contributed by atoms with Crippen molar-refractivity contribution in [2.45, 2.75) is 6.18 Å². The smallest absolute Gasteiger partial charge is 0.419 e. The topological polar surface area (TPSA) is 117 Å². The standard InChI is InChI=1S/C24H15F6N3O5/c1-36-21-14(4-3-11(25)17(21)27)38-15-8-10(24(28,29)30)12(26)7-9(15)18-22(37-2)20(34)16-13(33-18)5-6-32-19(16)23(31)35/h3-8H,1-2H3,(H2,31,35)(H,33,34). The third kappa shape index (κ3) is 4.44. The number of hydrogen-bond acceptors (Lipinski definition) is 6. The fourth-order valence-corrected chi connectivity index (χ4v) is 3.74. The number of rotatable bonds is 6. The number of hydrogen-bond donors (Lipinski definition) is 2. The monoisotopic (exact) mass is 539 g/mol. The molecule has 0 aliphatic rings. The van der Waals surface area contributed by atoms with E-state index in [4.69, 9.17) is 19.9 Å². The molecule has 0 saturated heterocycles. The number of carbonyl (C=O) groups excluding carboxylic acids is 1. The van der Waals surface area contributed by atoms with Gasteiger partial charge >= 0.3 is 6.18 Å². The molecule has 4 aromatic rings. The van der Waals surface area contributed by atoms with Crippen LogP contribution in [0.1, 0.15) is 16.1 Å². The second-order valence-corrected chi connectivity index (χ2v) is 7.63. The number of H-pyrrole nitrogens is 1. The first-order valence-corrected chi connectivity index (χ1v) is 10.4. The van der Waals surface area contributed by atoms with Crippen LogP contribution in [-0.2, 0) is 6.18 Å². The number of aromatic amines is 1. The Labute approximate surface area is 208 Å². The minimum Gasteiger partial charge on any atom is -0.491 e. The fraction of sp³-hybridized carbons (Fsp3) is 0.125. The summed E-state index contributed by atoms with van der Waals surface area (Å²) in [5, 5.41) is -0.294. The molecule has 0 bridgehead atoms. The van der Waals surface area contributed by atoms with Crippen LogP contribution >= 0.6 is 0 Å². The average molecular weight is 539 g/mol. The summed E-state index contributed by atoms with van der Waals surface area (Å²) < 4.78 is 98.6. The fourth-order valence-electron chi connectivity index (χ4n) is 3.74. The van der Waals surface area contributed by atoms with Gasteiger partial charge in [-0.25, -0.2) is 8.78 Å². The molecule has 0 radical (unpaired) electrons. The lowest BCUT2D eigenvalue weighted by molar-refractivity contribution is -0.140. The van der Waals surface area contributed by atoms with E-state index in [9.17, 15) is 35.9 Å². The van der Waals surface area contributed by atoms with Gasteiger partial charge in [-0.3, -0.25) is 14.6 Å². The van der Waals surface area contributed by atoms with Gasteiger partial charge in [0.05, 0.1) is 36.4 Å². The first-order valence-electron chi connectivity index (χ1n) is 10.4. The number of pyridine rings is 2. The molecule has 2 aromatic carbocycles. The molecule has 2 heterocycles. The highest BCUT2D eigenvalue weighted by Gasteiger charge is 2.36. The van der Waals surface area contributed by atoms with Crippen LogP contribution in [0.3, 0.4) is 0 Å². The number of aromatic nitrogens is 2. The minimum absolute atomic E-state index is 0.0498. The third-order valence-electron chi connectivity index (χ3n) is 5.39. The molecule has 0 unspecified atom stereocenters. The van der Waals surface area contributed by atoms with Crippen LogP contribution < -0.4 is 25.4 Å². The van der Waals surface area contributed by atoms with E-state index in [0.29, 0.717) is 12.1 Å². The maximum Gasteiger partial charge on any atom is 0.419 e. The molecule has 4 rings (SSSR count). The Morgan fingerprint density at radius 1 is 0.974 bits per heavy atom. The molecule has 198 valence electrons. The second-order valence-electron chi connectivity index (χ2n) is 7.63. The zero-order valence-corrected chi connectivity index (χ0v) is 19.3. The highest BCUT2D eigenvalue weighted by atomic mass is 19.4. The molecule has 2 aromatic heterocycles. The van der Waals surface area contributed by atoms with Gasteiger partial charge in [0.15, 0.2) is 17.3 Å². The van der Waals surface area contributed by atoms with Crippen molar-refractivity contribution < 1.29 is 45.3 Å². The second kappa shape index (κ2) is 9.61. The first-order chi connectivity index (χ1) is 17.9. The number of primary amides is 1. The number of nitrogens with one attached hydrogen (secondary N) is 1. The van der Waals surface area contributed by atoms with E-state index >= 15 is 0 Å². The van der Waals surface area contributed by atoms with E-state index in [1.165, 1.54) is 6.07 Å². The van der Waals surface area contributed by atoms with Gasteiger partial charge in [0.2, 0.25) is 17.0 Å². The Morgan fingerprint density at radius 2 is 1.66 bits per heavy atom. The summed E-state index contributed by atoms with van der Waals surface area (Å²) in [5.41, 5.74) is 1.28. The summed E-state index contributed by atoms with van der Waals surface area (Å²) in [6.07, 6.45) is -4.05. The largest absolute Gasteiger partial charge is 0.491 e. The maximum atomic E-state index is 14.7. The lowest BCUT2D eigenvalue weighted by Crippen LogP contribution is -2.19. The van der Waals surface area contributed by atoms with Crippen molar-refractivity contribution >= 4 is 16.8 Å². The molecule has 3 N–H and O–H groups in total. The first kappa shape index (κ1) is 26.3. The molecule has 0 fully saturated rings. The van der Waals surface area contributed by atoms with E-state index in [0.717, 1.165) is 26.5 Å². The SMILES string of the molecule is COc1c(Oc2cc(C(F)(F)F)c(F)cc2-c2[nH]c3ccnc(C(N)=O)c3c(=O)c2OC)ccc(F)c1F. The number of halogens is 6. The van der Waals surface area contributed by atoms with Gasteiger partial charge in [-0.05, 0) is 30.3 Å². The van der Waals surface area contributed by atoms with Crippen LogP contribution in [0.5, 0.6) is 23.0 Å². The zero-order valence-electron chi connectivity index (χ0n) is 19.3. The van der Waals surface area contributed by atoms with Crippen LogP contribution in [-0.4, -0.2) is 30.1 Å². The molecule has 1 amide bonds. The Hall–Kier alpha value is -4.75. The van der Waals surface area contributed by atoms with Crippen LogP contribution in [0, 0.1) is 17.5 Å². The number of nitrogens with zero attached hydrogens (tertiary/aromatic N) is 1. The van der Waals surface area contributed by atoms with Crippen molar-refractivity contribution in [2.75, 3.05) is 14.2 Å². The Bertz CT molecular complexity index is 1650. The van der Waals surface area contributed by atoms with Crippen molar-refractivity contribution in [3.8, 4) is 34.3 Å². The summed E-state index contributed by atoms with van der Waals surface area (Å²) >= 11 is 0. The molecule has 0 spiro atoms. The number of nitrogens with two attached hydrogens (primary N) is 1. The Balaban J connectivity index is 2.07. The lowest BCUT2D eigenvalue weighted by Gasteiger charge is -2.19. The van der Waals surface area contributed by atoms with E-state index < -0.39 is 74.8 Å². The minimum atomic E-state index is -5.18. The van der Waals surface area contributed by atoms with E-state index in [-0.39, 0.29) is 22.7 Å². The molecule has 8 nitrogen and oxygen atoms in total. The van der Waals surface area contributed by atoms with Gasteiger partial charge in [-0.15, -0.1) is 0 Å². The molecule has 0 aliphatic carbocycles. The summed E-state index contributed by atoms with van der Waals surface area (Å²) in [4.78, 5) is 31.5. The maximum absolute atomic E-state index is 14.7. The number of alkyl halides is 3. The molecule has 0 saturated carbocycles. The lowest BCUT2D eigenvalue weighted by atomic mass is 10.0. The highest BCUT2D eigenvalue weighted by Crippen LogP contribution is 2.44. The van der Waals surface area contributed by atoms with Crippen molar-refractivity contribution in [3.05, 3.63) is 75.5 Å². The van der Waals surface area contributed by atoms with Crippen LogP contribution in [0.4, 0.5) is 26.3 Å². The predicted octanol–water partition coefficient (Wildman–Crippen LogP) is 4.93. The predicted molar refractivity (Wildman–Crippen MR) is 121 cm³/mol. The third-order valence-corrected chi connectivity index (χ3v) is 5.39. The number of amides is 1. The van der Waals surface area contributed by atoms with Gasteiger partial charge in [0, 0.05) is 11.8 Å². The highest BCUT2D eigenvalue weighted by molar-refractivity contribution is 6.04. The number of benzene rings is 2. The summed E-state index contributed by atoms with van der Waals surface area (Å²) in [6, 6.07) is 3.46. The Morgan fingerprint density at radius 3 is 2.26 bits per heavy atom. The molecule has 0 aliphatic heterocycles. The van der Waals surface area contributed by atoms with Gasteiger partial charge in [0.1, 0.15) is 17.3 Å². The van der Waals surface area contributed by atoms with Crippen molar-refractivity contribution in [1.29, 1.82) is 0 Å². The summed E-state index contributed by atoms with van der Waals surface area (Å²) in [5.74, 6) is -8.26. The van der Waals surface area contributed by atoms with E-state index in [1.54, 1.807) is 0 Å². The molecular weight excluding hydrogens is 524 g/mol. The molecule has 0 atom stereocenters. The number of carbonyl (C=O) groups is 1. The van der Waals surface area contributed by atoms with E-state index in [1.807, 2.05) is 0 Å². The number of fused-ring (bicyclic) bond motifs is 1. The van der Waals surface area contributed by atoms with Gasteiger partial charge < -0.3 is 24.9 Å². The number of ether oxygens (including phenoxy) is 3. The van der Waals surface area contributed by atoms with Crippen molar-refractivity contribution in [1.82, 2.24) is 9.97 Å². The van der Waals surface area contributed by atoms with Crippen LogP contribution in [0.2, 0.25) is 0 Å². The normalized spacial score (nSPS) is 11.5. The summed E-state index contributed by atoms with van der Waals surface area (Å²) in [7, 11) is 2.01. The van der Waals surface area contributed by atoms with Gasteiger partial charge in [-0.1, -0.05) is 0 Å². The van der Waals surface area contributed by atoms with Crippen LogP contribution in [0.15, 0.2) is 41.3 Å². The van der Waals surface area contributed by atoms with Crippen molar-refractivity contribution in [3.63, 3.8) is 0 Å². The zero-order chi connectivity index (χ0) is 27.9. The van der Waals surface area contributed by atoms with Crippen LogP contribution in [0.25, 0.3) is 22.2 Å². The quantitative estimate of drug-likeness (QED) is 0.336.